The molecule has 0 heterocycles. The maximum absolute atomic E-state index is 2.85. The van der Waals surface area contributed by atoms with E-state index in [1.807, 2.05) is 0 Å². The molecule has 0 N–H and O–H groups in total. The summed E-state index contributed by atoms with van der Waals surface area (Å²) in [7, 11) is 0. The van der Waals surface area contributed by atoms with Gasteiger partial charge >= 0.3 is 282 Å². The summed E-state index contributed by atoms with van der Waals surface area (Å²) >= 11 is -2.85. The van der Waals surface area contributed by atoms with Gasteiger partial charge in [0.15, 0.2) is 0 Å². The number of hydrogen-bond acceptors (Lipinski definition) is 0. The van der Waals surface area contributed by atoms with Gasteiger partial charge in [-0.3, -0.25) is 0 Å². The molecular weight excluding hydrogens is 620 g/mol. The van der Waals surface area contributed by atoms with Gasteiger partial charge in [0.2, 0.25) is 0 Å². The molecule has 4 aromatic rings. The summed E-state index contributed by atoms with van der Waals surface area (Å²) in [5, 5.41) is 0. The minimum atomic E-state index is -2.85. The molecule has 0 saturated carbocycles. The third-order valence-corrected chi connectivity index (χ3v) is 17.7. The Kier molecular flexibility index (Phi) is 8.36. The standard InChI is InChI=1S/C21H25.C13H10.C10H15.Zr/c1-20(2,3)16-9-7-14-11-15-8-10-17(21(4,5)6)13-19(15)18(14)12-16;1-3-7-12(8-4-1)11-13-9-5-2-6-10-13;1-8-5-6-9(7-8)10(2,3)4;/h7,9-10,12-13H,11H2,1-6H3;1-10H;6-8H,1-4H3;. The van der Waals surface area contributed by atoms with Crippen LogP contribution in [0.2, 0.25) is 0 Å². The molecule has 2 aliphatic rings. The van der Waals surface area contributed by atoms with Gasteiger partial charge in [-0.05, 0) is 0 Å². The number of allylic oxidation sites excluding steroid dienone is 4. The predicted octanol–water partition coefficient (Wildman–Crippen LogP) is 10.9. The first-order valence-corrected chi connectivity index (χ1v) is 20.4. The molecule has 2 aliphatic carbocycles. The average Bonchev–Trinajstić information content (AvgIpc) is 3.55. The van der Waals surface area contributed by atoms with Gasteiger partial charge in [-0.15, -0.1) is 0 Å². The van der Waals surface area contributed by atoms with Crippen molar-refractivity contribution in [3.63, 3.8) is 0 Å². The van der Waals surface area contributed by atoms with Gasteiger partial charge in [-0.2, -0.15) is 0 Å². The van der Waals surface area contributed by atoms with Crippen molar-refractivity contribution in [2.45, 2.75) is 86.5 Å². The summed E-state index contributed by atoms with van der Waals surface area (Å²) in [6.07, 6.45) is 6.24. The molecule has 0 nitrogen and oxygen atoms in total. The van der Waals surface area contributed by atoms with E-state index in [2.05, 4.69) is 172 Å². The SMILES string of the molecule is CC1C=C(C(C)(C)C)C=[C]1[Zr](=[C](c1ccccc1)c1ccccc1)[c]1cc(C(C)(C)C)cc2c1Cc1ccc(C(C)(C)C)cc1-2. The fraction of sp³-hybridized carbons (Fsp3) is 0.341. The van der Waals surface area contributed by atoms with Gasteiger partial charge in [0.1, 0.15) is 0 Å². The summed E-state index contributed by atoms with van der Waals surface area (Å²) in [5.41, 5.74) is 13.4. The molecule has 0 aliphatic heterocycles. The molecule has 0 bridgehead atoms. The van der Waals surface area contributed by atoms with Crippen molar-refractivity contribution in [2.75, 3.05) is 0 Å². The monoisotopic (exact) mass is 668 g/mol. The molecule has 1 heteroatoms. The van der Waals surface area contributed by atoms with Crippen LogP contribution in [-0.2, 0) is 38.5 Å². The summed E-state index contributed by atoms with van der Waals surface area (Å²) in [6, 6.07) is 35.2. The average molecular weight is 670 g/mol. The zero-order valence-electron chi connectivity index (χ0n) is 29.1. The predicted molar refractivity (Wildman–Crippen MR) is 193 cm³/mol. The van der Waals surface area contributed by atoms with Crippen molar-refractivity contribution in [3.8, 4) is 11.1 Å². The first-order chi connectivity index (χ1) is 21.1. The van der Waals surface area contributed by atoms with Crippen molar-refractivity contribution in [1.82, 2.24) is 0 Å². The quantitative estimate of drug-likeness (QED) is 0.179. The molecule has 0 spiro atoms. The molecule has 0 aromatic heterocycles. The van der Waals surface area contributed by atoms with Crippen LogP contribution >= 0.6 is 0 Å². The minimum absolute atomic E-state index is 0.0482. The molecule has 0 saturated heterocycles. The Balaban J connectivity index is 1.75. The van der Waals surface area contributed by atoms with E-state index < -0.39 is 21.3 Å². The van der Waals surface area contributed by atoms with Gasteiger partial charge in [0.05, 0.1) is 0 Å². The molecular formula is C44H50Zr. The zero-order valence-corrected chi connectivity index (χ0v) is 31.6. The van der Waals surface area contributed by atoms with Gasteiger partial charge in [-0.25, -0.2) is 0 Å². The molecule has 1 unspecified atom stereocenters. The van der Waals surface area contributed by atoms with Crippen molar-refractivity contribution >= 4 is 6.48 Å². The molecule has 45 heavy (non-hydrogen) atoms. The Morgan fingerprint density at radius 2 is 1.18 bits per heavy atom. The van der Waals surface area contributed by atoms with E-state index in [9.17, 15) is 0 Å². The number of hydrogen-bond donors (Lipinski definition) is 0. The second kappa shape index (κ2) is 11.7. The van der Waals surface area contributed by atoms with Crippen LogP contribution in [0.1, 0.15) is 103 Å². The van der Waals surface area contributed by atoms with Crippen molar-refractivity contribution in [3.05, 3.63) is 145 Å². The normalized spacial score (nSPS) is 16.2. The van der Waals surface area contributed by atoms with E-state index in [1.54, 1.807) is 15.3 Å². The Bertz CT molecular complexity index is 1800. The van der Waals surface area contributed by atoms with Crippen LogP contribution in [0.4, 0.5) is 0 Å². The summed E-state index contributed by atoms with van der Waals surface area (Å²) in [5.74, 6) is 0.432. The number of benzene rings is 4. The Labute approximate surface area is 280 Å². The van der Waals surface area contributed by atoms with Crippen molar-refractivity contribution < 1.29 is 21.3 Å². The second-order valence-corrected chi connectivity index (χ2v) is 22.2. The summed E-state index contributed by atoms with van der Waals surface area (Å²) in [6.45, 7) is 23.7. The van der Waals surface area contributed by atoms with Gasteiger partial charge in [-0.1, -0.05) is 0 Å². The van der Waals surface area contributed by atoms with E-state index in [0.29, 0.717) is 5.92 Å². The van der Waals surface area contributed by atoms with Crippen LogP contribution in [-0.4, -0.2) is 3.21 Å². The fourth-order valence-corrected chi connectivity index (χ4v) is 15.4. The second-order valence-electron chi connectivity index (χ2n) is 16.3. The summed E-state index contributed by atoms with van der Waals surface area (Å²) < 4.78 is 4.96. The first-order valence-electron chi connectivity index (χ1n) is 16.7. The zero-order chi connectivity index (χ0) is 32.3. The van der Waals surface area contributed by atoms with E-state index in [1.165, 1.54) is 44.5 Å². The third kappa shape index (κ3) is 6.28. The molecule has 230 valence electrons. The van der Waals surface area contributed by atoms with Gasteiger partial charge < -0.3 is 0 Å². The molecule has 0 amide bonds. The maximum atomic E-state index is 2.67. The van der Waals surface area contributed by atoms with Crippen LogP contribution in [0.3, 0.4) is 0 Å². The topological polar surface area (TPSA) is 0 Å². The van der Waals surface area contributed by atoms with E-state index in [0.717, 1.165) is 6.42 Å². The summed E-state index contributed by atoms with van der Waals surface area (Å²) in [4.78, 5) is 0. The molecule has 4 aromatic carbocycles. The van der Waals surface area contributed by atoms with Gasteiger partial charge in [0, 0.05) is 0 Å². The number of rotatable bonds is 4. The molecule has 1 atom stereocenters. The molecule has 0 fully saturated rings. The first kappa shape index (κ1) is 32.1. The Morgan fingerprint density at radius 3 is 1.69 bits per heavy atom. The van der Waals surface area contributed by atoms with Crippen molar-refractivity contribution in [2.24, 2.45) is 11.3 Å². The molecule has 0 radical (unpaired) electrons. The van der Waals surface area contributed by atoms with Gasteiger partial charge in [0.25, 0.3) is 0 Å². The van der Waals surface area contributed by atoms with E-state index in [4.69, 9.17) is 0 Å². The third-order valence-electron chi connectivity index (χ3n) is 9.78. The van der Waals surface area contributed by atoms with E-state index >= 15 is 0 Å². The van der Waals surface area contributed by atoms with Crippen LogP contribution < -0.4 is 3.27 Å². The Morgan fingerprint density at radius 1 is 0.622 bits per heavy atom. The number of fused-ring (bicyclic) bond motifs is 3. The fourth-order valence-electron chi connectivity index (χ4n) is 6.97. The molecule has 6 rings (SSSR count). The van der Waals surface area contributed by atoms with Crippen LogP contribution in [0, 0.1) is 11.3 Å². The van der Waals surface area contributed by atoms with Crippen LogP contribution in [0.25, 0.3) is 11.1 Å². The van der Waals surface area contributed by atoms with Crippen LogP contribution in [0.15, 0.2) is 112 Å². The van der Waals surface area contributed by atoms with E-state index in [-0.39, 0.29) is 16.2 Å². The Hall–Kier alpha value is -2.89. The van der Waals surface area contributed by atoms with Crippen molar-refractivity contribution in [1.29, 1.82) is 0 Å². The van der Waals surface area contributed by atoms with Crippen LogP contribution in [0.5, 0.6) is 0 Å².